The highest BCUT2D eigenvalue weighted by atomic mass is 32.1. The summed E-state index contributed by atoms with van der Waals surface area (Å²) < 4.78 is 10.9. The topological polar surface area (TPSA) is 51.1 Å². The summed E-state index contributed by atoms with van der Waals surface area (Å²) in [6.45, 7) is 0. The maximum atomic E-state index is 12.8. The molecule has 0 aliphatic carbocycles. The smallest absolute Gasteiger partial charge is 0.280 e. The van der Waals surface area contributed by atoms with Crippen LogP contribution in [0.4, 0.5) is 5.69 Å². The number of hydrogen-bond acceptors (Lipinski definition) is 4. The van der Waals surface area contributed by atoms with Crippen LogP contribution in [0, 0.1) is 0 Å². The summed E-state index contributed by atoms with van der Waals surface area (Å²) in [4.78, 5) is 18.7. The first-order chi connectivity index (χ1) is 11.2. The van der Waals surface area contributed by atoms with Crippen LogP contribution < -0.4 is 14.4 Å². The number of benzene rings is 2. The first-order valence-electron chi connectivity index (χ1n) is 7.05. The van der Waals surface area contributed by atoms with Gasteiger partial charge in [0.1, 0.15) is 17.2 Å². The number of amides is 1. The Labute approximate surface area is 138 Å². The van der Waals surface area contributed by atoms with Crippen molar-refractivity contribution in [2.75, 3.05) is 12.0 Å². The van der Waals surface area contributed by atoms with Gasteiger partial charge in [-0.1, -0.05) is 12.1 Å². The van der Waals surface area contributed by atoms with Crippen molar-refractivity contribution in [2.24, 2.45) is 4.99 Å². The Kier molecular flexibility index (Phi) is 3.12. The van der Waals surface area contributed by atoms with Gasteiger partial charge in [-0.05, 0) is 48.6 Å². The molecule has 1 unspecified atom stereocenters. The molecule has 0 bridgehead atoms. The van der Waals surface area contributed by atoms with Crippen LogP contribution in [0.5, 0.6) is 11.5 Å². The third-order valence-electron chi connectivity index (χ3n) is 3.84. The lowest BCUT2D eigenvalue weighted by Crippen LogP contribution is -2.50. The average Bonchev–Trinajstić information content (AvgIpc) is 2.95. The number of carbonyl (C=O) groups excluding carboxylic acids is 1. The summed E-state index contributed by atoms with van der Waals surface area (Å²) >= 11 is 5.33. The lowest BCUT2D eigenvalue weighted by atomic mass is 10.0. The second kappa shape index (κ2) is 5.17. The van der Waals surface area contributed by atoms with Gasteiger partial charge in [0.05, 0.1) is 12.8 Å². The second-order valence-electron chi connectivity index (χ2n) is 5.15. The number of fused-ring (bicyclic) bond motifs is 3. The molecule has 6 heteroatoms. The number of para-hydroxylation sites is 1. The van der Waals surface area contributed by atoms with Gasteiger partial charge in [0.2, 0.25) is 11.2 Å². The molecule has 23 heavy (non-hydrogen) atoms. The number of methoxy groups -OCH3 is 1. The number of anilines is 1. The van der Waals surface area contributed by atoms with Crippen molar-refractivity contribution in [3.63, 3.8) is 0 Å². The molecule has 1 atom stereocenters. The molecule has 0 fully saturated rings. The first kappa shape index (κ1) is 13.9. The minimum Gasteiger partial charge on any atom is -0.497 e. The van der Waals surface area contributed by atoms with E-state index in [-0.39, 0.29) is 11.0 Å². The Morgan fingerprint density at radius 2 is 1.91 bits per heavy atom. The fraction of sp³-hybridized carbons (Fsp3) is 0.118. The first-order valence-corrected chi connectivity index (χ1v) is 7.46. The third-order valence-corrected chi connectivity index (χ3v) is 4.11. The monoisotopic (exact) mass is 324 g/mol. The molecule has 0 spiro atoms. The zero-order valence-electron chi connectivity index (χ0n) is 12.2. The zero-order valence-corrected chi connectivity index (χ0v) is 13.0. The normalized spacial score (nSPS) is 18.9. The van der Waals surface area contributed by atoms with Crippen molar-refractivity contribution in [2.45, 2.75) is 6.10 Å². The average molecular weight is 324 g/mol. The van der Waals surface area contributed by atoms with Crippen molar-refractivity contribution in [3.05, 3.63) is 54.1 Å². The van der Waals surface area contributed by atoms with Crippen LogP contribution in [0.25, 0.3) is 0 Å². The van der Waals surface area contributed by atoms with Gasteiger partial charge in [0.25, 0.3) is 5.91 Å². The molecule has 2 aromatic carbocycles. The largest absolute Gasteiger partial charge is 0.497 e. The van der Waals surface area contributed by atoms with Crippen LogP contribution in [0.2, 0.25) is 0 Å². The van der Waals surface area contributed by atoms with E-state index in [0.29, 0.717) is 22.9 Å². The summed E-state index contributed by atoms with van der Waals surface area (Å²) in [5.74, 6) is 1.13. The highest BCUT2D eigenvalue weighted by Gasteiger charge is 2.43. The number of thiocarbonyl (C=S) groups is 1. The summed E-state index contributed by atoms with van der Waals surface area (Å²) in [7, 11) is 1.59. The van der Waals surface area contributed by atoms with Crippen LogP contribution in [0.1, 0.15) is 5.56 Å². The van der Waals surface area contributed by atoms with Crippen molar-refractivity contribution >= 4 is 34.6 Å². The highest BCUT2D eigenvalue weighted by Crippen LogP contribution is 2.33. The minimum absolute atomic E-state index is 0.215. The minimum atomic E-state index is -0.749. The molecule has 5 nitrogen and oxygen atoms in total. The molecule has 0 saturated carbocycles. The maximum absolute atomic E-state index is 12.8. The highest BCUT2D eigenvalue weighted by molar-refractivity contribution is 7.80. The van der Waals surface area contributed by atoms with Crippen molar-refractivity contribution in [3.8, 4) is 11.5 Å². The number of ether oxygens (including phenoxy) is 2. The Hall–Kier alpha value is -2.73. The van der Waals surface area contributed by atoms with Crippen molar-refractivity contribution in [1.29, 1.82) is 0 Å². The van der Waals surface area contributed by atoms with Gasteiger partial charge < -0.3 is 9.47 Å². The van der Waals surface area contributed by atoms with E-state index in [1.165, 1.54) is 4.90 Å². The number of aliphatic imine (C=N–C) groups is 1. The predicted molar refractivity (Wildman–Crippen MR) is 90.5 cm³/mol. The van der Waals surface area contributed by atoms with Gasteiger partial charge in [0.15, 0.2) is 0 Å². The van der Waals surface area contributed by atoms with Crippen LogP contribution in [-0.4, -0.2) is 29.9 Å². The van der Waals surface area contributed by atoms with Gasteiger partial charge in [-0.15, -0.1) is 0 Å². The fourth-order valence-corrected chi connectivity index (χ4v) is 3.02. The molecule has 2 aliphatic heterocycles. The Morgan fingerprint density at radius 1 is 1.17 bits per heavy atom. The second-order valence-corrected chi connectivity index (χ2v) is 5.51. The number of nitrogens with zero attached hydrogens (tertiary/aromatic N) is 2. The molecular formula is C17H12N2O3S. The van der Waals surface area contributed by atoms with Gasteiger partial charge in [-0.2, -0.15) is 0 Å². The molecular weight excluding hydrogens is 312 g/mol. The fourth-order valence-electron chi connectivity index (χ4n) is 2.72. The van der Waals surface area contributed by atoms with Crippen LogP contribution >= 0.6 is 12.2 Å². The molecule has 0 aromatic heterocycles. The maximum Gasteiger partial charge on any atom is 0.280 e. The van der Waals surface area contributed by atoms with Crippen LogP contribution in [-0.2, 0) is 4.79 Å². The predicted octanol–water partition coefficient (Wildman–Crippen LogP) is 2.58. The van der Waals surface area contributed by atoms with E-state index in [2.05, 4.69) is 4.99 Å². The van der Waals surface area contributed by atoms with E-state index >= 15 is 0 Å². The summed E-state index contributed by atoms with van der Waals surface area (Å²) in [5.41, 5.74) is 2.05. The third kappa shape index (κ3) is 2.10. The quantitative estimate of drug-likeness (QED) is 0.797. The Bertz CT molecular complexity index is 845. The molecule has 114 valence electrons. The molecule has 0 radical (unpaired) electrons. The molecule has 4 rings (SSSR count). The number of hydrogen-bond donors (Lipinski definition) is 0. The van der Waals surface area contributed by atoms with Crippen molar-refractivity contribution < 1.29 is 14.3 Å². The van der Waals surface area contributed by atoms with E-state index in [4.69, 9.17) is 21.7 Å². The van der Waals surface area contributed by atoms with E-state index in [1.54, 1.807) is 31.4 Å². The van der Waals surface area contributed by atoms with Crippen LogP contribution in [0.3, 0.4) is 0 Å². The van der Waals surface area contributed by atoms with Gasteiger partial charge in [-0.25, -0.2) is 4.99 Å². The van der Waals surface area contributed by atoms with E-state index in [0.717, 1.165) is 5.56 Å². The Balaban J connectivity index is 1.74. The van der Waals surface area contributed by atoms with Gasteiger partial charge in [-0.3, -0.25) is 9.69 Å². The molecule has 2 aromatic rings. The summed E-state index contributed by atoms with van der Waals surface area (Å²) in [6, 6.07) is 14.5. The molecule has 0 N–H and O–H groups in total. The summed E-state index contributed by atoms with van der Waals surface area (Å²) in [5, 5.41) is 0.215. The molecule has 2 aliphatic rings. The lowest BCUT2D eigenvalue weighted by molar-refractivity contribution is -0.121. The van der Waals surface area contributed by atoms with E-state index in [9.17, 15) is 4.79 Å². The Morgan fingerprint density at radius 3 is 2.65 bits per heavy atom. The van der Waals surface area contributed by atoms with Gasteiger partial charge >= 0.3 is 0 Å². The lowest BCUT2D eigenvalue weighted by Gasteiger charge is -2.28. The van der Waals surface area contributed by atoms with Gasteiger partial charge in [0, 0.05) is 5.56 Å². The van der Waals surface area contributed by atoms with E-state index in [1.807, 2.05) is 24.3 Å². The number of carbonyl (C=O) groups is 1. The van der Waals surface area contributed by atoms with Crippen LogP contribution in [0.15, 0.2) is 53.5 Å². The summed E-state index contributed by atoms with van der Waals surface area (Å²) in [6.07, 6.45) is -0.749. The molecule has 0 saturated heterocycles. The van der Waals surface area contributed by atoms with E-state index < -0.39 is 6.10 Å². The molecule has 1 amide bonds. The molecule has 2 heterocycles. The van der Waals surface area contributed by atoms with Crippen molar-refractivity contribution in [1.82, 2.24) is 0 Å². The standard InChI is InChI=1S/C17H12N2O3S/c1-21-11-8-6-10(7-9-11)19-16(20)15-14(18-17(19)23)12-4-2-3-5-13(12)22-15/h2-9,15H,1H3. The zero-order chi connectivity index (χ0) is 16.0. The number of rotatable bonds is 2. The SMILES string of the molecule is COc1ccc(N2C(=O)C3Oc4ccccc4C3=NC2=S)cc1.